The monoisotopic (exact) mass is 274 g/mol. The molecule has 0 saturated carbocycles. The molecule has 0 aliphatic rings. The van der Waals surface area contributed by atoms with E-state index in [-0.39, 0.29) is 0 Å². The molecule has 0 unspecified atom stereocenters. The van der Waals surface area contributed by atoms with E-state index in [2.05, 4.69) is 29.0 Å². The second-order valence-corrected chi connectivity index (χ2v) is 6.54. The van der Waals surface area contributed by atoms with Gasteiger partial charge in [-0.3, -0.25) is 4.68 Å². The summed E-state index contributed by atoms with van der Waals surface area (Å²) in [6.45, 7) is 5.91. The number of rotatable bonds is 7. The zero-order valence-corrected chi connectivity index (χ0v) is 12.2. The summed E-state index contributed by atoms with van der Waals surface area (Å²) in [6, 6.07) is 0. The van der Waals surface area contributed by atoms with Gasteiger partial charge in [-0.1, -0.05) is 13.8 Å². The number of nitrogens with zero attached hydrogens (tertiary/aromatic N) is 2. The zero-order chi connectivity index (χ0) is 13.8. The van der Waals surface area contributed by atoms with Crippen molar-refractivity contribution in [2.45, 2.75) is 26.3 Å². The SMILES string of the molecule is CC(C)c1nn(C)cc1CNCCNS(C)(=O)=O. The fourth-order valence-electron chi connectivity index (χ4n) is 1.73. The molecule has 2 N–H and O–H groups in total. The molecule has 0 aromatic carbocycles. The number of sulfonamides is 1. The van der Waals surface area contributed by atoms with Gasteiger partial charge in [0.15, 0.2) is 0 Å². The van der Waals surface area contributed by atoms with E-state index in [0.29, 0.717) is 25.6 Å². The molecule has 0 aliphatic carbocycles. The molecular formula is C11H22N4O2S. The predicted octanol–water partition coefficient (Wildman–Crippen LogP) is 0.182. The van der Waals surface area contributed by atoms with Crippen molar-refractivity contribution in [2.75, 3.05) is 19.3 Å². The molecule has 0 saturated heterocycles. The van der Waals surface area contributed by atoms with Crippen LogP contribution in [0.3, 0.4) is 0 Å². The van der Waals surface area contributed by atoms with Gasteiger partial charge < -0.3 is 5.32 Å². The first-order chi connectivity index (χ1) is 8.29. The van der Waals surface area contributed by atoms with Crippen LogP contribution in [0.5, 0.6) is 0 Å². The van der Waals surface area contributed by atoms with E-state index < -0.39 is 10.0 Å². The molecule has 18 heavy (non-hydrogen) atoms. The van der Waals surface area contributed by atoms with Gasteiger partial charge in [-0.2, -0.15) is 5.10 Å². The first-order valence-corrected chi connectivity index (χ1v) is 7.86. The highest BCUT2D eigenvalue weighted by Crippen LogP contribution is 2.16. The quantitative estimate of drug-likeness (QED) is 0.696. The van der Waals surface area contributed by atoms with Crippen LogP contribution in [0.1, 0.15) is 31.0 Å². The lowest BCUT2D eigenvalue weighted by molar-refractivity contribution is 0.581. The average molecular weight is 274 g/mol. The molecule has 6 nitrogen and oxygen atoms in total. The van der Waals surface area contributed by atoms with Gasteiger partial charge in [0.25, 0.3) is 0 Å². The molecule has 7 heteroatoms. The Morgan fingerprint density at radius 3 is 2.61 bits per heavy atom. The van der Waals surface area contributed by atoms with Gasteiger partial charge in [-0.25, -0.2) is 13.1 Å². The summed E-state index contributed by atoms with van der Waals surface area (Å²) in [6.07, 6.45) is 3.15. The van der Waals surface area contributed by atoms with Gasteiger partial charge in [0.1, 0.15) is 0 Å². The highest BCUT2D eigenvalue weighted by molar-refractivity contribution is 7.88. The summed E-state index contributed by atoms with van der Waals surface area (Å²) in [4.78, 5) is 0. The van der Waals surface area contributed by atoms with Gasteiger partial charge in [0.2, 0.25) is 10.0 Å². The van der Waals surface area contributed by atoms with Crippen molar-refractivity contribution in [2.24, 2.45) is 7.05 Å². The van der Waals surface area contributed by atoms with Crippen LogP contribution in [0.4, 0.5) is 0 Å². The van der Waals surface area contributed by atoms with Crippen molar-refractivity contribution in [3.63, 3.8) is 0 Å². The van der Waals surface area contributed by atoms with Crippen molar-refractivity contribution < 1.29 is 8.42 Å². The molecule has 1 heterocycles. The molecule has 1 aromatic heterocycles. The average Bonchev–Trinajstić information content (AvgIpc) is 2.57. The minimum absolute atomic E-state index is 0.386. The Kier molecular flexibility index (Phi) is 5.30. The molecular weight excluding hydrogens is 252 g/mol. The fourth-order valence-corrected chi connectivity index (χ4v) is 2.20. The van der Waals surface area contributed by atoms with Gasteiger partial charge in [0, 0.05) is 38.4 Å². The Morgan fingerprint density at radius 2 is 2.06 bits per heavy atom. The lowest BCUT2D eigenvalue weighted by Crippen LogP contribution is -2.30. The Bertz CT molecular complexity index is 479. The Balaban J connectivity index is 2.40. The second-order valence-electron chi connectivity index (χ2n) is 4.71. The van der Waals surface area contributed by atoms with Crippen LogP contribution >= 0.6 is 0 Å². The lowest BCUT2D eigenvalue weighted by Gasteiger charge is -2.07. The smallest absolute Gasteiger partial charge is 0.208 e. The predicted molar refractivity (Wildman–Crippen MR) is 71.9 cm³/mol. The Hall–Kier alpha value is -0.920. The third kappa shape index (κ3) is 5.16. The van der Waals surface area contributed by atoms with Crippen molar-refractivity contribution in [1.82, 2.24) is 19.8 Å². The van der Waals surface area contributed by atoms with E-state index in [1.807, 2.05) is 13.2 Å². The normalized spacial score (nSPS) is 12.3. The maximum atomic E-state index is 10.9. The summed E-state index contributed by atoms with van der Waals surface area (Å²) in [5, 5.41) is 7.62. The highest BCUT2D eigenvalue weighted by Gasteiger charge is 2.10. The van der Waals surface area contributed by atoms with Crippen LogP contribution in [0.25, 0.3) is 0 Å². The van der Waals surface area contributed by atoms with Crippen LogP contribution in [0, 0.1) is 0 Å². The largest absolute Gasteiger partial charge is 0.311 e. The van der Waals surface area contributed by atoms with Crippen molar-refractivity contribution in [3.8, 4) is 0 Å². The summed E-state index contributed by atoms with van der Waals surface area (Å²) in [7, 11) is -1.19. The zero-order valence-electron chi connectivity index (χ0n) is 11.4. The van der Waals surface area contributed by atoms with Crippen LogP contribution in [0.15, 0.2) is 6.20 Å². The van der Waals surface area contributed by atoms with Crippen molar-refractivity contribution in [1.29, 1.82) is 0 Å². The third-order valence-electron chi connectivity index (χ3n) is 2.47. The second kappa shape index (κ2) is 6.31. The van der Waals surface area contributed by atoms with E-state index >= 15 is 0 Å². The lowest BCUT2D eigenvalue weighted by atomic mass is 10.1. The van der Waals surface area contributed by atoms with Gasteiger partial charge in [0.05, 0.1) is 11.9 Å². The first kappa shape index (κ1) is 15.1. The standard InChI is InChI=1S/C11H22N4O2S/c1-9(2)11-10(8-15(3)14-11)7-12-5-6-13-18(4,16)17/h8-9,12-13H,5-7H2,1-4H3. The minimum atomic E-state index is -3.09. The topological polar surface area (TPSA) is 76.0 Å². The van der Waals surface area contributed by atoms with Crippen LogP contribution < -0.4 is 10.0 Å². The van der Waals surface area contributed by atoms with E-state index in [4.69, 9.17) is 0 Å². The maximum absolute atomic E-state index is 10.9. The summed E-state index contributed by atoms with van der Waals surface area (Å²) in [5.41, 5.74) is 2.24. The molecule has 0 radical (unpaired) electrons. The maximum Gasteiger partial charge on any atom is 0.208 e. The van der Waals surface area contributed by atoms with Gasteiger partial charge in [-0.05, 0) is 5.92 Å². The minimum Gasteiger partial charge on any atom is -0.311 e. The molecule has 1 aromatic rings. The molecule has 0 spiro atoms. The number of aryl methyl sites for hydroxylation is 1. The number of hydrogen-bond acceptors (Lipinski definition) is 4. The van der Waals surface area contributed by atoms with E-state index in [1.54, 1.807) is 4.68 Å². The van der Waals surface area contributed by atoms with Crippen molar-refractivity contribution in [3.05, 3.63) is 17.5 Å². The number of aromatic nitrogens is 2. The van der Waals surface area contributed by atoms with Crippen LogP contribution in [-0.2, 0) is 23.6 Å². The highest BCUT2D eigenvalue weighted by atomic mass is 32.2. The molecule has 104 valence electrons. The number of hydrogen-bond donors (Lipinski definition) is 2. The van der Waals surface area contributed by atoms with Gasteiger partial charge >= 0.3 is 0 Å². The van der Waals surface area contributed by atoms with Gasteiger partial charge in [-0.15, -0.1) is 0 Å². The summed E-state index contributed by atoms with van der Waals surface area (Å²) < 4.78 is 26.0. The summed E-state index contributed by atoms with van der Waals surface area (Å²) in [5.74, 6) is 0.386. The van der Waals surface area contributed by atoms with E-state index in [0.717, 1.165) is 17.5 Å². The van der Waals surface area contributed by atoms with E-state index in [1.165, 1.54) is 0 Å². The molecule has 0 atom stereocenters. The molecule has 0 aliphatic heterocycles. The van der Waals surface area contributed by atoms with Crippen molar-refractivity contribution >= 4 is 10.0 Å². The van der Waals surface area contributed by atoms with Crippen LogP contribution in [-0.4, -0.2) is 37.5 Å². The summed E-state index contributed by atoms with van der Waals surface area (Å²) >= 11 is 0. The molecule has 0 amide bonds. The third-order valence-corrected chi connectivity index (χ3v) is 3.19. The Morgan fingerprint density at radius 1 is 1.39 bits per heavy atom. The fraction of sp³-hybridized carbons (Fsp3) is 0.727. The first-order valence-electron chi connectivity index (χ1n) is 5.97. The molecule has 0 fully saturated rings. The Labute approximate surface area is 109 Å². The van der Waals surface area contributed by atoms with E-state index in [9.17, 15) is 8.42 Å². The molecule has 0 bridgehead atoms. The molecule has 1 rings (SSSR count). The number of nitrogens with one attached hydrogen (secondary N) is 2. The van der Waals surface area contributed by atoms with Crippen LogP contribution in [0.2, 0.25) is 0 Å².